The standard InChI is InChI=1S/C20H33N3O4S2.Na.H/c21-28(24,27-29(22,25)26)23(19-7-13-1-14(8-19)3-15(2-13)9-19)20-10-16-4-17(11-20)6-18(5-16)12-20;;/h13-18,21H,1-12H2,(H2,22,25,26);;. The molecule has 0 aromatic heterocycles. The average molecular weight is 468 g/mol. The Bertz CT molecular complexity index is 821. The predicted octanol–water partition coefficient (Wildman–Crippen LogP) is 2.67. The van der Waals surface area contributed by atoms with E-state index in [1.807, 2.05) is 4.31 Å². The topological polar surface area (TPSA) is 114 Å². The van der Waals surface area contributed by atoms with E-state index in [0.717, 1.165) is 38.5 Å². The molecule has 8 aliphatic carbocycles. The van der Waals surface area contributed by atoms with E-state index in [0.29, 0.717) is 35.5 Å². The number of nitrogens with two attached hydrogens (primary N) is 1. The molecular formula is C20H34N3NaO4S2. The Labute approximate surface area is 203 Å². The molecule has 0 radical (unpaired) electrons. The van der Waals surface area contributed by atoms with Crippen molar-refractivity contribution in [3.8, 4) is 0 Å². The van der Waals surface area contributed by atoms with Gasteiger partial charge in [0.25, 0.3) is 0 Å². The maximum atomic E-state index is 13.8. The zero-order valence-corrected chi connectivity index (χ0v) is 18.6. The molecule has 0 aliphatic heterocycles. The fourth-order valence-corrected chi connectivity index (χ4v) is 12.5. The van der Waals surface area contributed by atoms with Gasteiger partial charge in [-0.15, -0.1) is 3.63 Å². The summed E-state index contributed by atoms with van der Waals surface area (Å²) in [5.74, 6) is 3.68. The van der Waals surface area contributed by atoms with Crippen LogP contribution < -0.4 is 5.14 Å². The molecule has 166 valence electrons. The SMILES string of the molecule is N=S(=O)(OS(N)(=O)=O)N(C12CC3CC(CC(C3)C1)C2)C12CC3CC(CC(C3)C1)C2.[NaH]. The van der Waals surface area contributed by atoms with Crippen molar-refractivity contribution in [1.82, 2.24) is 4.31 Å². The van der Waals surface area contributed by atoms with Gasteiger partial charge in [0, 0.05) is 11.1 Å². The molecule has 0 spiro atoms. The monoisotopic (exact) mass is 467 g/mol. The second kappa shape index (κ2) is 7.14. The summed E-state index contributed by atoms with van der Waals surface area (Å²) in [5, 5.41) is 5.17. The van der Waals surface area contributed by atoms with Gasteiger partial charge in [0.05, 0.1) is 0 Å². The van der Waals surface area contributed by atoms with E-state index >= 15 is 0 Å². The molecule has 0 amide bonds. The molecule has 7 nitrogen and oxygen atoms in total. The molecule has 8 saturated carbocycles. The Hall–Kier alpha value is 0.780. The van der Waals surface area contributed by atoms with Crippen LogP contribution in [0.3, 0.4) is 0 Å². The van der Waals surface area contributed by atoms with Crippen molar-refractivity contribution in [2.75, 3.05) is 0 Å². The second-order valence-electron chi connectivity index (χ2n) is 11.6. The Morgan fingerprint density at radius 2 is 0.967 bits per heavy atom. The molecule has 0 aromatic rings. The minimum atomic E-state index is -4.47. The van der Waals surface area contributed by atoms with Crippen LogP contribution in [0.4, 0.5) is 0 Å². The Balaban J connectivity index is 0.00000193. The van der Waals surface area contributed by atoms with E-state index in [2.05, 4.69) is 0 Å². The third-order valence-corrected chi connectivity index (χ3v) is 12.1. The van der Waals surface area contributed by atoms with Crippen molar-refractivity contribution in [3.05, 3.63) is 0 Å². The molecule has 1 unspecified atom stereocenters. The summed E-state index contributed by atoms with van der Waals surface area (Å²) in [6.45, 7) is 0. The van der Waals surface area contributed by atoms with Gasteiger partial charge < -0.3 is 0 Å². The molecule has 0 saturated heterocycles. The van der Waals surface area contributed by atoms with Gasteiger partial charge in [0.1, 0.15) is 0 Å². The third kappa shape index (κ3) is 3.58. The Kier molecular flexibility index (Phi) is 5.37. The first-order chi connectivity index (χ1) is 13.5. The average Bonchev–Trinajstić information content (AvgIpc) is 2.48. The molecule has 3 N–H and O–H groups in total. The van der Waals surface area contributed by atoms with Crippen LogP contribution in [0, 0.1) is 40.3 Å². The molecule has 0 aromatic carbocycles. The zero-order valence-electron chi connectivity index (χ0n) is 16.9. The number of rotatable bonds is 5. The van der Waals surface area contributed by atoms with Gasteiger partial charge in [-0.2, -0.15) is 12.7 Å². The minimum absolute atomic E-state index is 0. The number of hydrogen-bond acceptors (Lipinski definition) is 5. The number of nitrogens with one attached hydrogen (secondary N) is 1. The maximum absolute atomic E-state index is 13.8. The molecule has 8 bridgehead atoms. The van der Waals surface area contributed by atoms with E-state index in [1.54, 1.807) is 0 Å². The number of hydrogen-bond donors (Lipinski definition) is 2. The van der Waals surface area contributed by atoms with Crippen LogP contribution in [0.1, 0.15) is 77.0 Å². The van der Waals surface area contributed by atoms with Crippen LogP contribution >= 0.6 is 0 Å². The van der Waals surface area contributed by atoms with Gasteiger partial charge in [-0.3, -0.25) is 0 Å². The van der Waals surface area contributed by atoms with Crippen molar-refractivity contribution in [3.63, 3.8) is 0 Å². The van der Waals surface area contributed by atoms with Gasteiger partial charge in [-0.1, -0.05) is 0 Å². The van der Waals surface area contributed by atoms with Gasteiger partial charge in [0.2, 0.25) is 10.2 Å². The predicted molar refractivity (Wildman–Crippen MR) is 116 cm³/mol. The molecule has 8 rings (SSSR count). The quantitative estimate of drug-likeness (QED) is 0.605. The molecular weight excluding hydrogens is 433 g/mol. The van der Waals surface area contributed by atoms with E-state index < -0.39 is 20.5 Å². The normalized spacial score (nSPS) is 50.5. The van der Waals surface area contributed by atoms with E-state index in [4.69, 9.17) is 13.5 Å². The van der Waals surface area contributed by atoms with Gasteiger partial charge in [-0.25, -0.2) is 14.1 Å². The van der Waals surface area contributed by atoms with Gasteiger partial charge in [0.15, 0.2) is 0 Å². The third-order valence-electron chi connectivity index (χ3n) is 9.30. The number of nitrogens with zero attached hydrogens (tertiary/aromatic N) is 1. The first kappa shape index (κ1) is 22.6. The molecule has 1 atom stereocenters. The summed E-state index contributed by atoms with van der Waals surface area (Å²) in [6, 6.07) is 0. The Morgan fingerprint density at radius 3 is 1.20 bits per heavy atom. The molecule has 0 heterocycles. The van der Waals surface area contributed by atoms with E-state index in [9.17, 15) is 12.6 Å². The van der Waals surface area contributed by atoms with Gasteiger partial charge in [-0.05, 0) is 113 Å². The summed E-state index contributed by atoms with van der Waals surface area (Å²) in [5.41, 5.74) is -0.714. The summed E-state index contributed by atoms with van der Waals surface area (Å²) < 4.78 is 53.1. The van der Waals surface area contributed by atoms with Crippen LogP contribution in [0.25, 0.3) is 0 Å². The molecule has 30 heavy (non-hydrogen) atoms. The summed E-state index contributed by atoms with van der Waals surface area (Å²) in [4.78, 5) is 0. The summed E-state index contributed by atoms with van der Waals surface area (Å²) in [6.07, 6.45) is 13.0. The van der Waals surface area contributed by atoms with Crippen LogP contribution in [0.5, 0.6) is 0 Å². The van der Waals surface area contributed by atoms with Crippen LogP contribution in [-0.2, 0) is 24.1 Å². The first-order valence-electron chi connectivity index (χ1n) is 11.4. The molecule has 8 aliphatic rings. The van der Waals surface area contributed by atoms with Crippen LogP contribution in [0.15, 0.2) is 0 Å². The van der Waals surface area contributed by atoms with Crippen molar-refractivity contribution in [2.24, 2.45) is 40.6 Å². The molecule has 8 fully saturated rings. The van der Waals surface area contributed by atoms with Crippen LogP contribution in [-0.4, -0.2) is 57.6 Å². The second-order valence-corrected chi connectivity index (χ2v) is 14.5. The van der Waals surface area contributed by atoms with Crippen molar-refractivity contribution < 1.29 is 16.3 Å². The van der Waals surface area contributed by atoms with Crippen molar-refractivity contribution in [2.45, 2.75) is 88.1 Å². The van der Waals surface area contributed by atoms with Gasteiger partial charge >= 0.3 is 39.9 Å². The van der Waals surface area contributed by atoms with Crippen LogP contribution in [0.2, 0.25) is 0 Å². The fourth-order valence-electron chi connectivity index (χ4n) is 9.80. The first-order valence-corrected chi connectivity index (χ1v) is 14.3. The fraction of sp³-hybridized carbons (Fsp3) is 1.00. The zero-order chi connectivity index (χ0) is 20.2. The van der Waals surface area contributed by atoms with Crippen molar-refractivity contribution >= 4 is 50.1 Å². The summed E-state index contributed by atoms with van der Waals surface area (Å²) >= 11 is 0. The molecule has 10 heteroatoms. The van der Waals surface area contributed by atoms with Crippen molar-refractivity contribution in [1.29, 1.82) is 4.78 Å². The van der Waals surface area contributed by atoms with E-state index in [1.165, 1.54) is 38.5 Å². The summed E-state index contributed by atoms with van der Waals surface area (Å²) in [7, 11) is -8.46. The Morgan fingerprint density at radius 1 is 0.700 bits per heavy atom. The van der Waals surface area contributed by atoms with E-state index in [-0.39, 0.29) is 40.6 Å².